The summed E-state index contributed by atoms with van der Waals surface area (Å²) in [5, 5.41) is 3.07. The molecule has 3 aliphatic rings. The van der Waals surface area contributed by atoms with Gasteiger partial charge < -0.3 is 15.1 Å². The Balaban J connectivity index is 1.39. The largest absolute Gasteiger partial charge is 0.340 e. The Hall–Kier alpha value is -2.08. The molecule has 0 spiro atoms. The van der Waals surface area contributed by atoms with Gasteiger partial charge in [0.05, 0.1) is 0 Å². The van der Waals surface area contributed by atoms with Crippen molar-refractivity contribution in [3.8, 4) is 0 Å². The smallest absolute Gasteiger partial charge is 0.317 e. The minimum absolute atomic E-state index is 0.0131. The third-order valence-electron chi connectivity index (χ3n) is 6.86. The Bertz CT molecular complexity index is 730. The van der Waals surface area contributed by atoms with E-state index in [2.05, 4.69) is 29.0 Å². The Morgan fingerprint density at radius 2 is 1.72 bits per heavy atom. The highest BCUT2D eigenvalue weighted by Crippen LogP contribution is 2.31. The predicted molar refractivity (Wildman–Crippen MR) is 113 cm³/mol. The third kappa shape index (κ3) is 4.42. The van der Waals surface area contributed by atoms with Crippen LogP contribution < -0.4 is 5.32 Å². The van der Waals surface area contributed by atoms with Crippen molar-refractivity contribution in [3.05, 3.63) is 35.9 Å². The van der Waals surface area contributed by atoms with Gasteiger partial charge in [-0.3, -0.25) is 9.69 Å². The average Bonchev–Trinajstić information content (AvgIpc) is 3.26. The number of nitrogens with one attached hydrogen (secondary N) is 1. The first-order valence-corrected chi connectivity index (χ1v) is 11.1. The van der Waals surface area contributed by atoms with Crippen molar-refractivity contribution in [1.29, 1.82) is 0 Å². The molecule has 6 heteroatoms. The molecule has 0 radical (unpaired) electrons. The van der Waals surface area contributed by atoms with Crippen molar-refractivity contribution in [2.75, 3.05) is 32.7 Å². The van der Waals surface area contributed by atoms with Crippen LogP contribution in [-0.2, 0) is 11.3 Å². The van der Waals surface area contributed by atoms with Gasteiger partial charge in [-0.2, -0.15) is 0 Å². The van der Waals surface area contributed by atoms with Crippen LogP contribution in [-0.4, -0.2) is 70.9 Å². The monoisotopic (exact) mass is 398 g/mol. The maximum atomic E-state index is 12.9. The van der Waals surface area contributed by atoms with Gasteiger partial charge >= 0.3 is 6.03 Å². The summed E-state index contributed by atoms with van der Waals surface area (Å²) in [7, 11) is 0. The van der Waals surface area contributed by atoms with E-state index in [9.17, 15) is 9.59 Å². The molecular formula is C23H34N4O2. The number of nitrogens with zero attached hydrogens (tertiary/aromatic N) is 3. The zero-order valence-electron chi connectivity index (χ0n) is 17.8. The number of hydrogen-bond donors (Lipinski definition) is 1. The van der Waals surface area contributed by atoms with Crippen LogP contribution in [0.4, 0.5) is 4.79 Å². The number of carbonyl (C=O) groups excluding carboxylic acids is 2. The Morgan fingerprint density at radius 1 is 1.03 bits per heavy atom. The van der Waals surface area contributed by atoms with Crippen molar-refractivity contribution in [2.24, 2.45) is 5.92 Å². The fourth-order valence-corrected chi connectivity index (χ4v) is 5.36. The number of piperazine rings is 2. The molecule has 2 saturated heterocycles. The SMILES string of the molecule is CC1(C)CN(C(=O)NCc2ccccc2)CC2CN(C(=O)C3CCCC3)CCN21. The lowest BCUT2D eigenvalue weighted by atomic mass is 9.92. The molecule has 1 saturated carbocycles. The zero-order chi connectivity index (χ0) is 20.4. The topological polar surface area (TPSA) is 55.9 Å². The predicted octanol–water partition coefficient (Wildman–Crippen LogP) is 2.69. The molecule has 1 aromatic carbocycles. The van der Waals surface area contributed by atoms with E-state index in [1.807, 2.05) is 35.2 Å². The highest BCUT2D eigenvalue weighted by molar-refractivity contribution is 5.79. The van der Waals surface area contributed by atoms with Crippen LogP contribution in [0.3, 0.4) is 0 Å². The van der Waals surface area contributed by atoms with Gasteiger partial charge in [-0.15, -0.1) is 0 Å². The summed E-state index contributed by atoms with van der Waals surface area (Å²) in [6, 6.07) is 10.2. The van der Waals surface area contributed by atoms with Gasteiger partial charge in [-0.25, -0.2) is 4.79 Å². The molecule has 158 valence electrons. The number of urea groups is 1. The van der Waals surface area contributed by atoms with Gasteiger partial charge in [-0.05, 0) is 32.3 Å². The van der Waals surface area contributed by atoms with Gasteiger partial charge in [0, 0.05) is 56.8 Å². The molecular weight excluding hydrogens is 364 g/mol. The van der Waals surface area contributed by atoms with Gasteiger partial charge in [0.25, 0.3) is 0 Å². The lowest BCUT2D eigenvalue weighted by molar-refractivity contribution is -0.142. The molecule has 1 aromatic rings. The van der Waals surface area contributed by atoms with E-state index in [1.54, 1.807) is 0 Å². The minimum Gasteiger partial charge on any atom is -0.340 e. The second-order valence-corrected chi connectivity index (χ2v) is 9.45. The average molecular weight is 399 g/mol. The molecule has 2 heterocycles. The number of rotatable bonds is 3. The molecule has 0 bridgehead atoms. The number of hydrogen-bond acceptors (Lipinski definition) is 3. The Kier molecular flexibility index (Phi) is 5.81. The summed E-state index contributed by atoms with van der Waals surface area (Å²) in [6.07, 6.45) is 4.46. The fraction of sp³-hybridized carbons (Fsp3) is 0.652. The molecule has 0 aromatic heterocycles. The maximum absolute atomic E-state index is 12.9. The number of benzene rings is 1. The molecule has 3 fully saturated rings. The van der Waals surface area contributed by atoms with Crippen LogP contribution >= 0.6 is 0 Å². The number of carbonyl (C=O) groups is 2. The summed E-state index contributed by atoms with van der Waals surface area (Å²) in [6.45, 7) is 8.80. The normalized spacial score (nSPS) is 25.0. The quantitative estimate of drug-likeness (QED) is 0.852. The van der Waals surface area contributed by atoms with E-state index < -0.39 is 0 Å². The fourth-order valence-electron chi connectivity index (χ4n) is 5.36. The van der Waals surface area contributed by atoms with Crippen LogP contribution in [0.1, 0.15) is 45.1 Å². The summed E-state index contributed by atoms with van der Waals surface area (Å²) in [5.41, 5.74) is 1.01. The first kappa shape index (κ1) is 20.2. The summed E-state index contributed by atoms with van der Waals surface area (Å²) in [5.74, 6) is 0.564. The molecule has 1 N–H and O–H groups in total. The van der Waals surface area contributed by atoms with Crippen LogP contribution in [0.2, 0.25) is 0 Å². The van der Waals surface area contributed by atoms with E-state index in [0.29, 0.717) is 25.5 Å². The van der Waals surface area contributed by atoms with Crippen LogP contribution in [0.25, 0.3) is 0 Å². The second-order valence-electron chi connectivity index (χ2n) is 9.45. The summed E-state index contributed by atoms with van der Waals surface area (Å²) < 4.78 is 0. The molecule has 29 heavy (non-hydrogen) atoms. The van der Waals surface area contributed by atoms with E-state index in [1.165, 1.54) is 12.8 Å². The standard InChI is InChI=1S/C23H34N4O2/c1-23(2)17-26(22(29)24-14-18-8-4-3-5-9-18)16-20-15-25(12-13-27(20)23)21(28)19-10-6-7-11-19/h3-5,8-9,19-20H,6-7,10-17H2,1-2H3,(H,24,29). The van der Waals surface area contributed by atoms with E-state index in [0.717, 1.165) is 38.0 Å². The first-order valence-electron chi connectivity index (χ1n) is 11.1. The van der Waals surface area contributed by atoms with Gasteiger partial charge in [0.2, 0.25) is 5.91 Å². The van der Waals surface area contributed by atoms with Gasteiger partial charge in [-0.1, -0.05) is 43.2 Å². The Labute approximate surface area is 174 Å². The molecule has 1 aliphatic carbocycles. The van der Waals surface area contributed by atoms with Crippen molar-refractivity contribution in [3.63, 3.8) is 0 Å². The van der Waals surface area contributed by atoms with E-state index >= 15 is 0 Å². The molecule has 1 unspecified atom stereocenters. The molecule has 6 nitrogen and oxygen atoms in total. The van der Waals surface area contributed by atoms with Crippen molar-refractivity contribution in [2.45, 2.75) is 57.7 Å². The maximum Gasteiger partial charge on any atom is 0.317 e. The molecule has 4 rings (SSSR count). The lowest BCUT2D eigenvalue weighted by Gasteiger charge is -2.55. The zero-order valence-corrected chi connectivity index (χ0v) is 17.8. The van der Waals surface area contributed by atoms with Gasteiger partial charge in [0.1, 0.15) is 0 Å². The van der Waals surface area contributed by atoms with Gasteiger partial charge in [0.15, 0.2) is 0 Å². The minimum atomic E-state index is -0.0878. The first-order chi connectivity index (χ1) is 13.9. The second kappa shape index (κ2) is 8.34. The van der Waals surface area contributed by atoms with E-state index in [4.69, 9.17) is 0 Å². The van der Waals surface area contributed by atoms with Crippen molar-refractivity contribution < 1.29 is 9.59 Å². The van der Waals surface area contributed by atoms with Crippen LogP contribution in [0.5, 0.6) is 0 Å². The highest BCUT2D eigenvalue weighted by Gasteiger charge is 2.45. The summed E-state index contributed by atoms with van der Waals surface area (Å²) in [4.78, 5) is 32.3. The molecule has 1 atom stereocenters. The van der Waals surface area contributed by atoms with Crippen molar-refractivity contribution in [1.82, 2.24) is 20.0 Å². The van der Waals surface area contributed by atoms with Crippen LogP contribution in [0.15, 0.2) is 30.3 Å². The highest BCUT2D eigenvalue weighted by atomic mass is 16.2. The molecule has 3 amide bonds. The third-order valence-corrected chi connectivity index (χ3v) is 6.86. The number of amides is 3. The summed E-state index contributed by atoms with van der Waals surface area (Å²) >= 11 is 0. The van der Waals surface area contributed by atoms with E-state index in [-0.39, 0.29) is 23.5 Å². The lowest BCUT2D eigenvalue weighted by Crippen LogP contribution is -2.71. The molecule has 2 aliphatic heterocycles. The number of fused-ring (bicyclic) bond motifs is 1. The van der Waals surface area contributed by atoms with Crippen molar-refractivity contribution >= 4 is 11.9 Å². The van der Waals surface area contributed by atoms with Crippen LogP contribution in [0, 0.1) is 5.92 Å². The Morgan fingerprint density at radius 3 is 2.45 bits per heavy atom.